The van der Waals surface area contributed by atoms with Gasteiger partial charge in [0.25, 0.3) is 0 Å². The number of hydrogen-bond acceptors (Lipinski definition) is 3. The Morgan fingerprint density at radius 2 is 1.89 bits per heavy atom. The Morgan fingerprint density at radius 1 is 1.39 bits per heavy atom. The molecule has 0 fully saturated rings. The van der Waals surface area contributed by atoms with E-state index in [-0.39, 0.29) is 19.3 Å². The number of hydrogen-bond donors (Lipinski definition) is 3. The summed E-state index contributed by atoms with van der Waals surface area (Å²) in [4.78, 5) is 21.6. The van der Waals surface area contributed by atoms with Gasteiger partial charge in [0.1, 0.15) is 0 Å². The van der Waals surface area contributed by atoms with Crippen LogP contribution in [0, 0.1) is 0 Å². The van der Waals surface area contributed by atoms with E-state index in [4.69, 9.17) is 10.8 Å². The summed E-state index contributed by atoms with van der Waals surface area (Å²) < 4.78 is 37.3. The van der Waals surface area contributed by atoms with Crippen molar-refractivity contribution in [2.24, 2.45) is 5.73 Å². The lowest BCUT2D eigenvalue weighted by atomic mass is 10.0. The van der Waals surface area contributed by atoms with Gasteiger partial charge in [-0.1, -0.05) is 0 Å². The molecule has 0 aliphatic rings. The number of carboxylic acid groups (broad SMARTS) is 1. The molecule has 1 amide bonds. The summed E-state index contributed by atoms with van der Waals surface area (Å²) in [7, 11) is 0. The third-order valence-electron chi connectivity index (χ3n) is 2.47. The second-order valence-corrected chi connectivity index (χ2v) is 4.36. The fraction of sp³-hybridized carbons (Fsp3) is 0.800. The van der Waals surface area contributed by atoms with Gasteiger partial charge in [0.05, 0.1) is 0 Å². The normalized spacial score (nSPS) is 16.8. The summed E-state index contributed by atoms with van der Waals surface area (Å²) in [5.74, 6) is -2.31. The number of nitrogens with one attached hydrogen (secondary N) is 1. The van der Waals surface area contributed by atoms with Crippen molar-refractivity contribution < 1.29 is 27.9 Å². The van der Waals surface area contributed by atoms with Gasteiger partial charge >= 0.3 is 12.1 Å². The molecule has 106 valence electrons. The van der Waals surface area contributed by atoms with Gasteiger partial charge in [-0.15, -0.1) is 0 Å². The van der Waals surface area contributed by atoms with Crippen LogP contribution in [0.15, 0.2) is 0 Å². The maximum atomic E-state index is 12.4. The fourth-order valence-corrected chi connectivity index (χ4v) is 1.13. The van der Waals surface area contributed by atoms with Crippen LogP contribution in [0.4, 0.5) is 13.2 Å². The molecule has 0 rings (SSSR count). The number of carboxylic acids is 1. The highest BCUT2D eigenvalue weighted by Gasteiger charge is 2.54. The summed E-state index contributed by atoms with van der Waals surface area (Å²) in [5.41, 5.74) is 1.98. The molecule has 0 spiro atoms. The fourth-order valence-electron chi connectivity index (χ4n) is 1.13. The lowest BCUT2D eigenvalue weighted by Gasteiger charge is -2.27. The Hall–Kier alpha value is -1.31. The minimum absolute atomic E-state index is 0.0978. The van der Waals surface area contributed by atoms with Gasteiger partial charge in [0.15, 0.2) is 5.54 Å². The van der Waals surface area contributed by atoms with E-state index in [9.17, 15) is 22.8 Å². The van der Waals surface area contributed by atoms with Crippen LogP contribution in [0.25, 0.3) is 0 Å². The summed E-state index contributed by atoms with van der Waals surface area (Å²) >= 11 is 0. The summed E-state index contributed by atoms with van der Waals surface area (Å²) in [6.07, 6.45) is -4.40. The van der Waals surface area contributed by atoms with E-state index in [2.05, 4.69) is 5.32 Å². The van der Waals surface area contributed by atoms with Crippen LogP contribution in [-0.2, 0) is 9.59 Å². The molecule has 18 heavy (non-hydrogen) atoms. The molecule has 0 heterocycles. The molecule has 0 saturated heterocycles. The Kier molecular flexibility index (Phi) is 5.59. The topological polar surface area (TPSA) is 92.4 Å². The van der Waals surface area contributed by atoms with Gasteiger partial charge in [-0.05, 0) is 26.7 Å². The lowest BCUT2D eigenvalue weighted by Crippen LogP contribution is -2.62. The number of carbonyl (C=O) groups excluding carboxylic acids is 1. The van der Waals surface area contributed by atoms with Crippen LogP contribution in [0.1, 0.15) is 33.1 Å². The van der Waals surface area contributed by atoms with Crippen LogP contribution < -0.4 is 11.1 Å². The monoisotopic (exact) mass is 270 g/mol. The number of rotatable bonds is 6. The molecule has 0 saturated carbocycles. The van der Waals surface area contributed by atoms with E-state index in [1.165, 1.54) is 6.92 Å². The average molecular weight is 270 g/mol. The van der Waals surface area contributed by atoms with Crippen molar-refractivity contribution in [2.75, 3.05) is 0 Å². The highest BCUT2D eigenvalue weighted by Crippen LogP contribution is 2.28. The minimum Gasteiger partial charge on any atom is -0.481 e. The zero-order valence-electron chi connectivity index (χ0n) is 10.2. The summed E-state index contributed by atoms with van der Waals surface area (Å²) in [6, 6.07) is -0.568. The van der Waals surface area contributed by atoms with Gasteiger partial charge in [-0.3, -0.25) is 9.59 Å². The first-order valence-electron chi connectivity index (χ1n) is 5.37. The van der Waals surface area contributed by atoms with Crippen molar-refractivity contribution in [1.82, 2.24) is 5.32 Å². The number of halogens is 3. The Bertz CT molecular complexity index is 316. The predicted molar refractivity (Wildman–Crippen MR) is 57.7 cm³/mol. The molecule has 0 radical (unpaired) electrons. The SMILES string of the molecule is CC(CCCC(=O)O)NC(=O)C(C)(N)C(F)(F)F. The smallest absolute Gasteiger partial charge is 0.415 e. The Balaban J connectivity index is 4.27. The molecule has 0 aromatic rings. The second-order valence-electron chi connectivity index (χ2n) is 4.36. The summed E-state index contributed by atoms with van der Waals surface area (Å²) in [6.45, 7) is 2.08. The van der Waals surface area contributed by atoms with E-state index in [1.54, 1.807) is 0 Å². The number of aliphatic carboxylic acids is 1. The van der Waals surface area contributed by atoms with Crippen molar-refractivity contribution in [1.29, 1.82) is 0 Å². The average Bonchev–Trinajstić information content (AvgIpc) is 2.14. The number of alkyl halides is 3. The molecule has 0 aromatic heterocycles. The first-order chi connectivity index (χ1) is 7.98. The van der Waals surface area contributed by atoms with E-state index >= 15 is 0 Å². The van der Waals surface area contributed by atoms with Gasteiger partial charge in [0, 0.05) is 12.5 Å². The van der Waals surface area contributed by atoms with E-state index in [0.717, 1.165) is 0 Å². The molecule has 8 heteroatoms. The maximum Gasteiger partial charge on any atom is 0.415 e. The van der Waals surface area contributed by atoms with Crippen molar-refractivity contribution in [3.63, 3.8) is 0 Å². The highest BCUT2D eigenvalue weighted by molar-refractivity contribution is 5.86. The van der Waals surface area contributed by atoms with Gasteiger partial charge in [0.2, 0.25) is 5.91 Å². The molecule has 0 bridgehead atoms. The predicted octanol–water partition coefficient (Wildman–Crippen LogP) is 1.03. The lowest BCUT2D eigenvalue weighted by molar-refractivity contribution is -0.187. The van der Waals surface area contributed by atoms with Crippen LogP contribution in [0.3, 0.4) is 0 Å². The van der Waals surface area contributed by atoms with Crippen LogP contribution in [0.2, 0.25) is 0 Å². The largest absolute Gasteiger partial charge is 0.481 e. The van der Waals surface area contributed by atoms with Crippen LogP contribution in [-0.4, -0.2) is 34.7 Å². The first-order valence-corrected chi connectivity index (χ1v) is 5.37. The molecule has 2 unspecified atom stereocenters. The van der Waals surface area contributed by atoms with Crippen LogP contribution in [0.5, 0.6) is 0 Å². The molecule has 2 atom stereocenters. The van der Waals surface area contributed by atoms with Gasteiger partial charge < -0.3 is 16.2 Å². The molecule has 0 aliphatic carbocycles. The molecule has 0 aromatic carbocycles. The molecule has 0 aliphatic heterocycles. The zero-order chi connectivity index (χ0) is 14.6. The van der Waals surface area contributed by atoms with Crippen LogP contribution >= 0.6 is 0 Å². The second kappa shape index (κ2) is 6.03. The standard InChI is InChI=1S/C10H17F3N2O3/c1-6(4-3-5-7(16)17)15-8(18)9(2,14)10(11,12)13/h6H,3-5,14H2,1-2H3,(H,15,18)(H,16,17). The van der Waals surface area contributed by atoms with Crippen molar-refractivity contribution in [2.45, 2.75) is 50.9 Å². The summed E-state index contributed by atoms with van der Waals surface area (Å²) in [5, 5.41) is 10.5. The third-order valence-corrected chi connectivity index (χ3v) is 2.47. The van der Waals surface area contributed by atoms with E-state index < -0.39 is 29.6 Å². The van der Waals surface area contributed by atoms with Crippen molar-refractivity contribution in [3.05, 3.63) is 0 Å². The molecule has 4 N–H and O–H groups in total. The molecule has 5 nitrogen and oxygen atoms in total. The number of nitrogens with two attached hydrogens (primary N) is 1. The molecular formula is C10H17F3N2O3. The van der Waals surface area contributed by atoms with E-state index in [1.807, 2.05) is 0 Å². The van der Waals surface area contributed by atoms with Gasteiger partial charge in [-0.2, -0.15) is 13.2 Å². The maximum absolute atomic E-state index is 12.4. The van der Waals surface area contributed by atoms with Gasteiger partial charge in [-0.25, -0.2) is 0 Å². The minimum atomic E-state index is -4.84. The van der Waals surface area contributed by atoms with E-state index in [0.29, 0.717) is 6.92 Å². The molecular weight excluding hydrogens is 253 g/mol. The van der Waals surface area contributed by atoms with Crippen molar-refractivity contribution >= 4 is 11.9 Å². The highest BCUT2D eigenvalue weighted by atomic mass is 19.4. The number of amides is 1. The van der Waals surface area contributed by atoms with Crippen molar-refractivity contribution in [3.8, 4) is 0 Å². The quantitative estimate of drug-likeness (QED) is 0.672. The third kappa shape index (κ3) is 4.91. The Labute approximate surface area is 103 Å². The Morgan fingerprint density at radius 3 is 2.28 bits per heavy atom. The zero-order valence-corrected chi connectivity index (χ0v) is 10.2. The number of carbonyl (C=O) groups is 2. The first kappa shape index (κ1) is 16.7.